The van der Waals surface area contributed by atoms with Crippen LogP contribution in [0.3, 0.4) is 0 Å². The van der Waals surface area contributed by atoms with Crippen LogP contribution < -0.4 is 5.32 Å². The van der Waals surface area contributed by atoms with Gasteiger partial charge < -0.3 is 15.0 Å². The quantitative estimate of drug-likeness (QED) is 0.688. The molecule has 1 heterocycles. The first kappa shape index (κ1) is 20.0. The van der Waals surface area contributed by atoms with Gasteiger partial charge in [-0.25, -0.2) is 4.79 Å². The summed E-state index contributed by atoms with van der Waals surface area (Å²) in [6, 6.07) is 7.71. The molecule has 1 N–H and O–H groups in total. The Morgan fingerprint density at radius 2 is 1.96 bits per heavy atom. The maximum Gasteiger partial charge on any atom is 0.409 e. The van der Waals surface area contributed by atoms with E-state index in [2.05, 4.69) is 32.8 Å². The average molecular weight is 459 g/mol. The maximum atomic E-state index is 12.3. The first-order chi connectivity index (χ1) is 12.0. The number of carbonyl (C=O) groups excluding carboxylic acids is 2. The monoisotopic (exact) mass is 459 g/mol. The summed E-state index contributed by atoms with van der Waals surface area (Å²) in [6.45, 7) is 7.55. The lowest BCUT2D eigenvalue weighted by Gasteiger charge is -2.21. The number of rotatable bonds is 5. The molecule has 138 valence electrons. The zero-order valence-corrected chi connectivity index (χ0v) is 17.0. The van der Waals surface area contributed by atoms with Crippen LogP contribution in [0.5, 0.6) is 0 Å². The zero-order chi connectivity index (χ0) is 18.2. The number of nitrogens with one attached hydrogen (secondary N) is 1. The van der Waals surface area contributed by atoms with Gasteiger partial charge in [0.2, 0.25) is 5.91 Å². The molecule has 1 aromatic rings. The Morgan fingerprint density at radius 1 is 1.20 bits per heavy atom. The van der Waals surface area contributed by atoms with E-state index in [9.17, 15) is 9.59 Å². The molecule has 0 aromatic heterocycles. The lowest BCUT2D eigenvalue weighted by molar-refractivity contribution is -0.117. The summed E-state index contributed by atoms with van der Waals surface area (Å²) in [7, 11) is 0. The van der Waals surface area contributed by atoms with Crippen LogP contribution in [0.25, 0.3) is 0 Å². The molecular weight excluding hydrogens is 433 g/mol. The van der Waals surface area contributed by atoms with Gasteiger partial charge in [0.1, 0.15) is 0 Å². The van der Waals surface area contributed by atoms with Gasteiger partial charge in [-0.1, -0.05) is 26.0 Å². The average Bonchev–Trinajstić information content (AvgIpc) is 2.80. The molecule has 0 spiro atoms. The highest BCUT2D eigenvalue weighted by atomic mass is 127. The molecule has 0 radical (unpaired) electrons. The number of halogens is 1. The number of anilines is 1. The van der Waals surface area contributed by atoms with Gasteiger partial charge in [0.15, 0.2) is 0 Å². The largest absolute Gasteiger partial charge is 0.449 e. The highest BCUT2D eigenvalue weighted by molar-refractivity contribution is 14.1. The normalized spacial score (nSPS) is 15.8. The van der Waals surface area contributed by atoms with Gasteiger partial charge in [0, 0.05) is 29.7 Å². The molecule has 1 saturated heterocycles. The van der Waals surface area contributed by atoms with Crippen molar-refractivity contribution < 1.29 is 14.3 Å². The van der Waals surface area contributed by atoms with Crippen molar-refractivity contribution in [1.82, 2.24) is 9.80 Å². The number of nitrogens with zero attached hydrogens (tertiary/aromatic N) is 2. The molecule has 2 amide bonds. The highest BCUT2D eigenvalue weighted by Gasteiger charge is 2.21. The summed E-state index contributed by atoms with van der Waals surface area (Å²) >= 11 is 2.21. The highest BCUT2D eigenvalue weighted by Crippen LogP contribution is 2.17. The van der Waals surface area contributed by atoms with E-state index in [1.165, 1.54) is 0 Å². The minimum Gasteiger partial charge on any atom is -0.449 e. The van der Waals surface area contributed by atoms with Gasteiger partial charge >= 0.3 is 6.09 Å². The fraction of sp³-hybridized carbons (Fsp3) is 0.556. The van der Waals surface area contributed by atoms with Gasteiger partial charge in [-0.3, -0.25) is 9.69 Å². The van der Waals surface area contributed by atoms with E-state index < -0.39 is 0 Å². The minimum atomic E-state index is -0.251. The molecule has 2 rings (SSSR count). The van der Waals surface area contributed by atoms with E-state index in [-0.39, 0.29) is 12.0 Å². The molecule has 1 fully saturated rings. The predicted octanol–water partition coefficient (Wildman–Crippen LogP) is 3.03. The summed E-state index contributed by atoms with van der Waals surface area (Å²) in [5.74, 6) is 0.303. The molecular formula is C18H26IN3O3. The molecule has 0 aliphatic carbocycles. The molecule has 0 atom stereocenters. The second kappa shape index (κ2) is 9.96. The molecule has 25 heavy (non-hydrogen) atoms. The zero-order valence-electron chi connectivity index (χ0n) is 14.8. The molecule has 1 aliphatic heterocycles. The van der Waals surface area contributed by atoms with Crippen molar-refractivity contribution in [3.8, 4) is 0 Å². The van der Waals surface area contributed by atoms with Crippen molar-refractivity contribution >= 4 is 40.3 Å². The van der Waals surface area contributed by atoms with Gasteiger partial charge in [-0.2, -0.15) is 0 Å². The van der Waals surface area contributed by atoms with Gasteiger partial charge in [-0.15, -0.1) is 0 Å². The van der Waals surface area contributed by atoms with E-state index in [1.807, 2.05) is 38.1 Å². The second-order valence-electron chi connectivity index (χ2n) is 6.62. The summed E-state index contributed by atoms with van der Waals surface area (Å²) in [6.07, 6.45) is 0.589. The first-order valence-corrected chi connectivity index (χ1v) is 9.72. The predicted molar refractivity (Wildman–Crippen MR) is 107 cm³/mol. The second-order valence-corrected chi connectivity index (χ2v) is 7.78. The van der Waals surface area contributed by atoms with Crippen LogP contribution >= 0.6 is 22.6 Å². The summed E-state index contributed by atoms with van der Waals surface area (Å²) < 4.78 is 6.31. The number of para-hydroxylation sites is 1. The van der Waals surface area contributed by atoms with E-state index in [0.717, 1.165) is 22.2 Å². The fourth-order valence-corrected chi connectivity index (χ4v) is 3.12. The minimum absolute atomic E-state index is 0.0278. The molecule has 1 aliphatic rings. The van der Waals surface area contributed by atoms with E-state index in [4.69, 9.17) is 4.74 Å². The molecule has 7 heteroatoms. The van der Waals surface area contributed by atoms with Crippen molar-refractivity contribution in [3.05, 3.63) is 27.8 Å². The Bertz CT molecular complexity index is 595. The van der Waals surface area contributed by atoms with Gasteiger partial charge in [-0.05, 0) is 47.1 Å². The number of hydrogen-bond acceptors (Lipinski definition) is 4. The van der Waals surface area contributed by atoms with Crippen molar-refractivity contribution in [3.63, 3.8) is 0 Å². The molecule has 6 nitrogen and oxygen atoms in total. The number of ether oxygens (including phenoxy) is 1. The van der Waals surface area contributed by atoms with E-state index in [1.54, 1.807) is 4.90 Å². The first-order valence-electron chi connectivity index (χ1n) is 8.64. The van der Waals surface area contributed by atoms with Crippen LogP contribution in [0.1, 0.15) is 20.3 Å². The Balaban J connectivity index is 1.79. The van der Waals surface area contributed by atoms with Crippen molar-refractivity contribution in [2.45, 2.75) is 20.3 Å². The van der Waals surface area contributed by atoms with Crippen LogP contribution in [-0.2, 0) is 9.53 Å². The van der Waals surface area contributed by atoms with Gasteiger partial charge in [0.25, 0.3) is 0 Å². The smallest absolute Gasteiger partial charge is 0.409 e. The van der Waals surface area contributed by atoms with E-state index in [0.29, 0.717) is 38.7 Å². The lowest BCUT2D eigenvalue weighted by Crippen LogP contribution is -2.38. The van der Waals surface area contributed by atoms with Crippen LogP contribution in [0.4, 0.5) is 10.5 Å². The topological polar surface area (TPSA) is 61.9 Å². The van der Waals surface area contributed by atoms with Crippen LogP contribution in [-0.4, -0.2) is 61.1 Å². The third-order valence-electron chi connectivity index (χ3n) is 3.90. The molecule has 0 saturated carbocycles. The Hall–Kier alpha value is -1.35. The SMILES string of the molecule is CC(C)COC(=O)N1CCCN(CC(=O)Nc2ccccc2I)CC1. The summed E-state index contributed by atoms with van der Waals surface area (Å²) in [5, 5.41) is 2.95. The standard InChI is InChI=1S/C18H26IN3O3/c1-14(2)13-25-18(24)22-9-5-8-21(10-11-22)12-17(23)20-16-7-4-3-6-15(16)19/h3-4,6-7,14H,5,8-13H2,1-2H3,(H,20,23). The summed E-state index contributed by atoms with van der Waals surface area (Å²) in [4.78, 5) is 28.2. The Morgan fingerprint density at radius 3 is 2.68 bits per heavy atom. The fourth-order valence-electron chi connectivity index (χ4n) is 2.60. The van der Waals surface area contributed by atoms with Crippen LogP contribution in [0.2, 0.25) is 0 Å². The summed E-state index contributed by atoms with van der Waals surface area (Å²) in [5.41, 5.74) is 0.835. The van der Waals surface area contributed by atoms with Crippen molar-refractivity contribution in [2.24, 2.45) is 5.92 Å². The Labute approximate surface area is 163 Å². The van der Waals surface area contributed by atoms with Crippen molar-refractivity contribution in [1.29, 1.82) is 0 Å². The van der Waals surface area contributed by atoms with Gasteiger partial charge in [0.05, 0.1) is 18.8 Å². The molecule has 0 unspecified atom stereocenters. The Kier molecular flexibility index (Phi) is 7.95. The molecule has 0 bridgehead atoms. The lowest BCUT2D eigenvalue weighted by atomic mass is 10.2. The number of benzene rings is 1. The van der Waals surface area contributed by atoms with Crippen molar-refractivity contribution in [2.75, 3.05) is 44.6 Å². The number of hydrogen-bond donors (Lipinski definition) is 1. The number of amides is 2. The van der Waals surface area contributed by atoms with Crippen LogP contribution in [0, 0.1) is 9.49 Å². The van der Waals surface area contributed by atoms with Crippen LogP contribution in [0.15, 0.2) is 24.3 Å². The maximum absolute atomic E-state index is 12.3. The number of carbonyl (C=O) groups is 2. The third kappa shape index (κ3) is 6.81. The third-order valence-corrected chi connectivity index (χ3v) is 4.84. The van der Waals surface area contributed by atoms with E-state index >= 15 is 0 Å². The molecule has 1 aromatic carbocycles.